The van der Waals surface area contributed by atoms with E-state index in [1.54, 1.807) is 6.26 Å². The van der Waals surface area contributed by atoms with Gasteiger partial charge in [-0.3, -0.25) is 9.79 Å². The fourth-order valence-corrected chi connectivity index (χ4v) is 4.08. The average molecular weight is 389 g/mol. The third-order valence-electron chi connectivity index (χ3n) is 6.00. The van der Waals surface area contributed by atoms with Crippen molar-refractivity contribution in [3.05, 3.63) is 24.2 Å². The van der Waals surface area contributed by atoms with Gasteiger partial charge in [0.15, 0.2) is 5.96 Å². The summed E-state index contributed by atoms with van der Waals surface area (Å²) in [7, 11) is 0. The molecule has 2 unspecified atom stereocenters. The molecular weight excluding hydrogens is 352 g/mol. The normalized spacial score (nSPS) is 22.3. The minimum absolute atomic E-state index is 0.257. The number of hydrogen-bond donors (Lipinski definition) is 2. The first-order valence-corrected chi connectivity index (χ1v) is 11.0. The zero-order valence-corrected chi connectivity index (χ0v) is 17.5. The Morgan fingerprint density at radius 3 is 2.86 bits per heavy atom. The lowest BCUT2D eigenvalue weighted by molar-refractivity contribution is -0.135. The molecule has 2 N–H and O–H groups in total. The summed E-state index contributed by atoms with van der Waals surface area (Å²) in [5.74, 6) is 2.43. The Labute approximate surface area is 169 Å². The third kappa shape index (κ3) is 6.01. The van der Waals surface area contributed by atoms with Crippen LogP contribution in [0.1, 0.15) is 64.6 Å². The van der Waals surface area contributed by atoms with Crippen molar-refractivity contribution in [3.8, 4) is 0 Å². The van der Waals surface area contributed by atoms with Gasteiger partial charge in [0.1, 0.15) is 5.76 Å². The van der Waals surface area contributed by atoms with Crippen LogP contribution in [0, 0.1) is 5.92 Å². The summed E-state index contributed by atoms with van der Waals surface area (Å²) in [5, 5.41) is 7.05. The summed E-state index contributed by atoms with van der Waals surface area (Å²) in [6.45, 7) is 6.65. The third-order valence-corrected chi connectivity index (χ3v) is 6.00. The highest BCUT2D eigenvalue weighted by Crippen LogP contribution is 2.26. The van der Waals surface area contributed by atoms with Crippen LogP contribution >= 0.6 is 0 Å². The minimum atomic E-state index is 0.257. The van der Waals surface area contributed by atoms with Crippen molar-refractivity contribution in [2.24, 2.45) is 10.9 Å². The molecule has 3 rings (SSSR count). The highest BCUT2D eigenvalue weighted by Gasteiger charge is 2.31. The molecule has 0 radical (unpaired) electrons. The number of furan rings is 1. The number of amides is 1. The second kappa shape index (κ2) is 10.5. The lowest BCUT2D eigenvalue weighted by Gasteiger charge is -2.26. The monoisotopic (exact) mass is 388 g/mol. The number of hydrogen-bond acceptors (Lipinski definition) is 3. The molecule has 1 saturated heterocycles. The molecule has 6 nitrogen and oxygen atoms in total. The van der Waals surface area contributed by atoms with Gasteiger partial charge >= 0.3 is 0 Å². The molecule has 1 aromatic heterocycles. The molecule has 1 amide bonds. The van der Waals surface area contributed by atoms with Gasteiger partial charge in [-0.2, -0.15) is 0 Å². The van der Waals surface area contributed by atoms with E-state index in [1.165, 1.54) is 19.3 Å². The Morgan fingerprint density at radius 1 is 1.32 bits per heavy atom. The highest BCUT2D eigenvalue weighted by molar-refractivity contribution is 5.81. The van der Waals surface area contributed by atoms with Crippen molar-refractivity contribution < 1.29 is 9.21 Å². The molecule has 2 atom stereocenters. The van der Waals surface area contributed by atoms with Crippen LogP contribution < -0.4 is 10.6 Å². The van der Waals surface area contributed by atoms with Crippen molar-refractivity contribution in [1.29, 1.82) is 0 Å². The lowest BCUT2D eigenvalue weighted by Crippen LogP contribution is -2.48. The fraction of sp³-hybridized carbons (Fsp3) is 0.727. The van der Waals surface area contributed by atoms with E-state index in [-0.39, 0.29) is 12.0 Å². The number of nitrogens with one attached hydrogen (secondary N) is 2. The van der Waals surface area contributed by atoms with E-state index in [0.717, 1.165) is 56.9 Å². The molecule has 156 valence electrons. The van der Waals surface area contributed by atoms with Crippen LogP contribution in [0.5, 0.6) is 0 Å². The number of carbonyl (C=O) groups excluding carboxylic acids is 1. The number of nitrogens with zero attached hydrogens (tertiary/aromatic N) is 2. The van der Waals surface area contributed by atoms with E-state index < -0.39 is 0 Å². The largest absolute Gasteiger partial charge is 0.469 e. The Kier molecular flexibility index (Phi) is 7.80. The Balaban J connectivity index is 1.52. The van der Waals surface area contributed by atoms with Gasteiger partial charge in [0.2, 0.25) is 5.91 Å². The van der Waals surface area contributed by atoms with Gasteiger partial charge in [-0.05, 0) is 44.7 Å². The summed E-state index contributed by atoms with van der Waals surface area (Å²) >= 11 is 0. The second-order valence-corrected chi connectivity index (χ2v) is 8.26. The Morgan fingerprint density at radius 2 is 2.14 bits per heavy atom. The predicted octanol–water partition coefficient (Wildman–Crippen LogP) is 3.34. The Hall–Kier alpha value is -1.98. The summed E-state index contributed by atoms with van der Waals surface area (Å²) in [5.41, 5.74) is 0. The molecule has 2 heterocycles. The molecule has 28 heavy (non-hydrogen) atoms. The number of aliphatic imine (C=N–C) groups is 1. The number of rotatable bonds is 7. The smallest absolute Gasteiger partial charge is 0.225 e. The van der Waals surface area contributed by atoms with Crippen molar-refractivity contribution in [2.45, 2.75) is 77.3 Å². The van der Waals surface area contributed by atoms with Crippen molar-refractivity contribution in [1.82, 2.24) is 15.5 Å². The highest BCUT2D eigenvalue weighted by atomic mass is 16.3. The molecule has 2 aliphatic rings. The van der Waals surface area contributed by atoms with Gasteiger partial charge < -0.3 is 20.0 Å². The summed E-state index contributed by atoms with van der Waals surface area (Å²) in [4.78, 5) is 19.6. The van der Waals surface area contributed by atoms with E-state index in [9.17, 15) is 4.79 Å². The molecule has 1 aromatic rings. The lowest BCUT2D eigenvalue weighted by atomic mass is 9.88. The van der Waals surface area contributed by atoms with Gasteiger partial charge in [0, 0.05) is 44.1 Å². The fourth-order valence-electron chi connectivity index (χ4n) is 4.08. The zero-order chi connectivity index (χ0) is 19.8. The molecule has 0 spiro atoms. The first-order valence-electron chi connectivity index (χ1n) is 11.0. The van der Waals surface area contributed by atoms with Crippen molar-refractivity contribution in [2.75, 3.05) is 19.6 Å². The van der Waals surface area contributed by atoms with Gasteiger partial charge in [0.25, 0.3) is 0 Å². The number of guanidine groups is 1. The van der Waals surface area contributed by atoms with Gasteiger partial charge in [-0.1, -0.05) is 26.2 Å². The van der Waals surface area contributed by atoms with Crippen LogP contribution in [-0.2, 0) is 11.2 Å². The summed E-state index contributed by atoms with van der Waals surface area (Å²) in [6.07, 6.45) is 10.4. The maximum atomic E-state index is 12.8. The second-order valence-electron chi connectivity index (χ2n) is 8.26. The van der Waals surface area contributed by atoms with E-state index in [2.05, 4.69) is 29.4 Å². The molecule has 1 saturated carbocycles. The molecule has 2 fully saturated rings. The molecule has 6 heteroatoms. The summed E-state index contributed by atoms with van der Waals surface area (Å²) < 4.78 is 5.39. The molecular formula is C22H36N4O2. The number of carbonyl (C=O) groups is 1. The van der Waals surface area contributed by atoms with Crippen molar-refractivity contribution >= 4 is 11.9 Å². The van der Waals surface area contributed by atoms with Gasteiger partial charge in [-0.25, -0.2) is 0 Å². The SMILES string of the molecule is CCC(C)NC(=NCCc1ccco1)NC1CCN(C(=O)C2CCCCC2)C1. The van der Waals surface area contributed by atoms with E-state index in [0.29, 0.717) is 18.5 Å². The molecule has 1 aliphatic heterocycles. The number of likely N-dealkylation sites (tertiary alicyclic amines) is 1. The van der Waals surface area contributed by atoms with Gasteiger partial charge in [-0.15, -0.1) is 0 Å². The molecule has 1 aliphatic carbocycles. The molecule has 0 bridgehead atoms. The zero-order valence-electron chi connectivity index (χ0n) is 17.5. The summed E-state index contributed by atoms with van der Waals surface area (Å²) in [6, 6.07) is 4.52. The Bertz CT molecular complexity index is 622. The maximum absolute atomic E-state index is 12.8. The van der Waals surface area contributed by atoms with Crippen LogP contribution in [0.25, 0.3) is 0 Å². The van der Waals surface area contributed by atoms with E-state index in [1.807, 2.05) is 12.1 Å². The first kappa shape index (κ1) is 20.7. The quantitative estimate of drug-likeness (QED) is 0.555. The van der Waals surface area contributed by atoms with Crippen molar-refractivity contribution in [3.63, 3.8) is 0 Å². The van der Waals surface area contributed by atoms with Crippen LogP contribution in [0.3, 0.4) is 0 Å². The average Bonchev–Trinajstić information content (AvgIpc) is 3.40. The minimum Gasteiger partial charge on any atom is -0.469 e. The van der Waals surface area contributed by atoms with Crippen LogP contribution in [0.15, 0.2) is 27.8 Å². The van der Waals surface area contributed by atoms with Crippen LogP contribution in [0.2, 0.25) is 0 Å². The molecule has 0 aromatic carbocycles. The first-order chi connectivity index (χ1) is 13.7. The van der Waals surface area contributed by atoms with E-state index in [4.69, 9.17) is 9.41 Å². The van der Waals surface area contributed by atoms with Crippen LogP contribution in [-0.4, -0.2) is 48.5 Å². The maximum Gasteiger partial charge on any atom is 0.225 e. The van der Waals surface area contributed by atoms with E-state index >= 15 is 0 Å². The predicted molar refractivity (Wildman–Crippen MR) is 112 cm³/mol. The van der Waals surface area contributed by atoms with Gasteiger partial charge in [0.05, 0.1) is 6.26 Å². The topological polar surface area (TPSA) is 69.9 Å². The van der Waals surface area contributed by atoms with Crippen LogP contribution in [0.4, 0.5) is 0 Å². The standard InChI is InChI=1S/C22H36N4O2/c1-3-17(2)24-22(23-13-11-20-10-7-15-28-20)25-19-12-14-26(16-19)21(27)18-8-5-4-6-9-18/h7,10,15,17-19H,3-6,8-9,11-14,16H2,1-2H3,(H2,23,24,25).